The molecule has 0 atom stereocenters. The molecule has 3 rings (SSSR count). The Bertz CT molecular complexity index is 688. The maximum absolute atomic E-state index is 5.83. The highest BCUT2D eigenvalue weighted by atomic mass is 16.5. The molecule has 1 fully saturated rings. The van der Waals surface area contributed by atoms with Crippen LogP contribution in [0.5, 0.6) is 5.75 Å². The molecule has 0 aliphatic heterocycles. The highest BCUT2D eigenvalue weighted by Gasteiger charge is 2.19. The van der Waals surface area contributed by atoms with Crippen molar-refractivity contribution in [2.24, 2.45) is 11.8 Å². The molecule has 1 aromatic heterocycles. The molecule has 1 heterocycles. The summed E-state index contributed by atoms with van der Waals surface area (Å²) >= 11 is 0. The van der Waals surface area contributed by atoms with Crippen LogP contribution in [0.2, 0.25) is 0 Å². The molecule has 158 valence electrons. The second kappa shape index (κ2) is 11.9. The predicted molar refractivity (Wildman–Crippen MR) is 121 cm³/mol. The first-order chi connectivity index (χ1) is 14.3. The lowest BCUT2D eigenvalue weighted by atomic mass is 9.79. The molecule has 0 saturated heterocycles. The predicted octanol–water partition coefficient (Wildman–Crippen LogP) is 7.25. The zero-order valence-electron chi connectivity index (χ0n) is 18.4. The molecular formula is C26H38N2O. The first-order valence-electron chi connectivity index (χ1n) is 11.8. The first kappa shape index (κ1) is 21.8. The van der Waals surface area contributed by atoms with E-state index < -0.39 is 0 Å². The third-order valence-corrected chi connectivity index (χ3v) is 6.47. The summed E-state index contributed by atoms with van der Waals surface area (Å²) in [7, 11) is 0. The smallest absolute Gasteiger partial charge is 0.159 e. The van der Waals surface area contributed by atoms with E-state index in [2.05, 4.69) is 35.9 Å². The van der Waals surface area contributed by atoms with Crippen molar-refractivity contribution in [3.8, 4) is 17.1 Å². The Morgan fingerprint density at radius 3 is 2.21 bits per heavy atom. The van der Waals surface area contributed by atoms with E-state index in [0.717, 1.165) is 48.4 Å². The molecular weight excluding hydrogens is 356 g/mol. The van der Waals surface area contributed by atoms with Crippen molar-refractivity contribution in [3.05, 3.63) is 42.2 Å². The van der Waals surface area contributed by atoms with Gasteiger partial charge in [0, 0.05) is 18.0 Å². The van der Waals surface area contributed by atoms with Gasteiger partial charge in [-0.1, -0.05) is 65.2 Å². The number of ether oxygens (including phenoxy) is 1. The highest BCUT2D eigenvalue weighted by Crippen LogP contribution is 2.33. The van der Waals surface area contributed by atoms with Gasteiger partial charge in [-0.2, -0.15) is 0 Å². The SMILES string of the molecule is CCCCCCOc1ccc(-c2ncc(CCC3CCC(CC)CC3)cn2)cc1. The van der Waals surface area contributed by atoms with Crippen molar-refractivity contribution in [1.82, 2.24) is 9.97 Å². The van der Waals surface area contributed by atoms with Gasteiger partial charge in [-0.3, -0.25) is 0 Å². The zero-order valence-corrected chi connectivity index (χ0v) is 18.4. The van der Waals surface area contributed by atoms with Crippen LogP contribution in [-0.4, -0.2) is 16.6 Å². The fourth-order valence-electron chi connectivity index (χ4n) is 4.35. The summed E-state index contributed by atoms with van der Waals surface area (Å²) in [5.41, 5.74) is 2.31. The van der Waals surface area contributed by atoms with Crippen molar-refractivity contribution in [1.29, 1.82) is 0 Å². The van der Waals surface area contributed by atoms with Crippen molar-refractivity contribution >= 4 is 0 Å². The Balaban J connectivity index is 1.43. The summed E-state index contributed by atoms with van der Waals surface area (Å²) in [5, 5.41) is 0. The van der Waals surface area contributed by atoms with Crippen LogP contribution in [0.1, 0.15) is 83.6 Å². The van der Waals surface area contributed by atoms with Crippen LogP contribution >= 0.6 is 0 Å². The highest BCUT2D eigenvalue weighted by molar-refractivity contribution is 5.55. The van der Waals surface area contributed by atoms with Gasteiger partial charge in [-0.05, 0) is 60.9 Å². The summed E-state index contributed by atoms with van der Waals surface area (Å²) in [4.78, 5) is 9.22. The normalized spacial score (nSPS) is 19.2. The molecule has 0 bridgehead atoms. The summed E-state index contributed by atoms with van der Waals surface area (Å²) in [6, 6.07) is 8.17. The standard InChI is InChI=1S/C26H38N2O/c1-3-5-6-7-18-29-25-16-14-24(15-17-25)26-27-19-23(20-28-26)13-12-22-10-8-21(4-2)9-11-22/h14-17,19-22H,3-13,18H2,1-2H3. The molecule has 0 N–H and O–H groups in total. The lowest BCUT2D eigenvalue weighted by Gasteiger charge is -2.27. The third-order valence-electron chi connectivity index (χ3n) is 6.47. The Kier molecular flexibility index (Phi) is 8.98. The van der Waals surface area contributed by atoms with E-state index in [1.54, 1.807) is 0 Å². The van der Waals surface area contributed by atoms with E-state index in [-0.39, 0.29) is 0 Å². The molecule has 3 nitrogen and oxygen atoms in total. The van der Waals surface area contributed by atoms with Crippen molar-refractivity contribution in [2.45, 2.75) is 84.5 Å². The van der Waals surface area contributed by atoms with E-state index in [1.807, 2.05) is 24.5 Å². The van der Waals surface area contributed by atoms with Gasteiger partial charge in [0.2, 0.25) is 0 Å². The van der Waals surface area contributed by atoms with Crippen LogP contribution in [0, 0.1) is 11.8 Å². The molecule has 0 unspecified atom stereocenters. The minimum atomic E-state index is 0.796. The Labute approximate surface area is 177 Å². The fraction of sp³-hybridized carbons (Fsp3) is 0.615. The third kappa shape index (κ3) is 7.13. The Morgan fingerprint density at radius 1 is 0.862 bits per heavy atom. The maximum atomic E-state index is 5.83. The molecule has 3 heteroatoms. The van der Waals surface area contributed by atoms with E-state index in [9.17, 15) is 0 Å². The van der Waals surface area contributed by atoms with Gasteiger partial charge in [0.15, 0.2) is 5.82 Å². The fourth-order valence-corrected chi connectivity index (χ4v) is 4.35. The molecule has 1 aliphatic carbocycles. The monoisotopic (exact) mass is 394 g/mol. The number of aryl methyl sites for hydroxylation is 1. The largest absolute Gasteiger partial charge is 0.494 e. The maximum Gasteiger partial charge on any atom is 0.159 e. The van der Waals surface area contributed by atoms with Crippen LogP contribution in [0.15, 0.2) is 36.7 Å². The summed E-state index contributed by atoms with van der Waals surface area (Å²) in [6.07, 6.45) is 18.3. The number of rotatable bonds is 11. The van der Waals surface area contributed by atoms with Crippen LogP contribution in [0.25, 0.3) is 11.4 Å². The number of unbranched alkanes of at least 4 members (excludes halogenated alkanes) is 3. The van der Waals surface area contributed by atoms with Crippen molar-refractivity contribution in [3.63, 3.8) is 0 Å². The van der Waals surface area contributed by atoms with E-state index in [4.69, 9.17) is 4.74 Å². The number of aromatic nitrogens is 2. The average Bonchev–Trinajstić information content (AvgIpc) is 2.79. The van der Waals surface area contributed by atoms with E-state index in [1.165, 1.54) is 63.4 Å². The van der Waals surface area contributed by atoms with Gasteiger partial charge in [0.25, 0.3) is 0 Å². The Hall–Kier alpha value is -1.90. The van der Waals surface area contributed by atoms with Gasteiger partial charge in [-0.15, -0.1) is 0 Å². The summed E-state index contributed by atoms with van der Waals surface area (Å²) in [6.45, 7) is 5.36. The number of hydrogen-bond donors (Lipinski definition) is 0. The van der Waals surface area contributed by atoms with Crippen LogP contribution in [-0.2, 0) is 6.42 Å². The molecule has 2 aromatic rings. The Morgan fingerprint density at radius 2 is 1.55 bits per heavy atom. The van der Waals surface area contributed by atoms with Gasteiger partial charge in [-0.25, -0.2) is 9.97 Å². The van der Waals surface area contributed by atoms with E-state index >= 15 is 0 Å². The zero-order chi connectivity index (χ0) is 20.3. The molecule has 1 aliphatic rings. The van der Waals surface area contributed by atoms with E-state index in [0.29, 0.717) is 0 Å². The average molecular weight is 395 g/mol. The molecule has 0 radical (unpaired) electrons. The topological polar surface area (TPSA) is 35.0 Å². The molecule has 0 spiro atoms. The van der Waals surface area contributed by atoms with Gasteiger partial charge < -0.3 is 4.74 Å². The molecule has 29 heavy (non-hydrogen) atoms. The van der Waals surface area contributed by atoms with Crippen LogP contribution in [0.4, 0.5) is 0 Å². The van der Waals surface area contributed by atoms with Gasteiger partial charge >= 0.3 is 0 Å². The summed E-state index contributed by atoms with van der Waals surface area (Å²) in [5.74, 6) is 3.60. The minimum Gasteiger partial charge on any atom is -0.494 e. The van der Waals surface area contributed by atoms with Crippen molar-refractivity contribution < 1.29 is 4.74 Å². The van der Waals surface area contributed by atoms with Crippen LogP contribution < -0.4 is 4.74 Å². The molecule has 1 aromatic carbocycles. The van der Waals surface area contributed by atoms with Crippen molar-refractivity contribution in [2.75, 3.05) is 6.61 Å². The second-order valence-electron chi connectivity index (χ2n) is 8.68. The van der Waals surface area contributed by atoms with Gasteiger partial charge in [0.05, 0.1) is 6.61 Å². The number of benzene rings is 1. The summed E-state index contributed by atoms with van der Waals surface area (Å²) < 4.78 is 5.83. The van der Waals surface area contributed by atoms with Crippen LogP contribution in [0.3, 0.4) is 0 Å². The lowest BCUT2D eigenvalue weighted by molar-refractivity contribution is 0.258. The first-order valence-corrected chi connectivity index (χ1v) is 11.8. The quantitative estimate of drug-likeness (QED) is 0.376. The molecule has 0 amide bonds. The minimum absolute atomic E-state index is 0.796. The lowest BCUT2D eigenvalue weighted by Crippen LogP contribution is -2.14. The molecule has 1 saturated carbocycles. The second-order valence-corrected chi connectivity index (χ2v) is 8.68. The number of hydrogen-bond acceptors (Lipinski definition) is 3. The number of nitrogens with zero attached hydrogens (tertiary/aromatic N) is 2. The van der Waals surface area contributed by atoms with Gasteiger partial charge in [0.1, 0.15) is 5.75 Å².